The lowest BCUT2D eigenvalue weighted by atomic mass is 9.83. The number of hydrogen-bond donors (Lipinski definition) is 4. The van der Waals surface area contributed by atoms with Gasteiger partial charge >= 0.3 is 0 Å². The van der Waals surface area contributed by atoms with Crippen molar-refractivity contribution in [3.63, 3.8) is 0 Å². The lowest BCUT2D eigenvalue weighted by molar-refractivity contribution is 0.306. The summed E-state index contributed by atoms with van der Waals surface area (Å²) in [6.45, 7) is 4.36. The van der Waals surface area contributed by atoms with Gasteiger partial charge in [-0.15, -0.1) is 0 Å². The molecule has 4 aromatic carbocycles. The van der Waals surface area contributed by atoms with Crippen LogP contribution in [0.5, 0.6) is 5.75 Å². The minimum Gasteiger partial charge on any atom is -0.489 e. The Kier molecular flexibility index (Phi) is 7.42. The molecule has 210 valence electrons. The Morgan fingerprint density at radius 1 is 0.667 bits per heavy atom. The molecule has 0 bridgehead atoms. The molecule has 0 saturated carbocycles. The van der Waals surface area contributed by atoms with Crippen LogP contribution in [0.1, 0.15) is 39.3 Å². The molecule has 7 nitrogen and oxygen atoms in total. The van der Waals surface area contributed by atoms with Crippen molar-refractivity contribution in [2.24, 2.45) is 0 Å². The van der Waals surface area contributed by atoms with E-state index < -0.39 is 5.92 Å². The van der Waals surface area contributed by atoms with E-state index in [9.17, 15) is 9.59 Å². The molecule has 4 N–H and O–H groups in total. The summed E-state index contributed by atoms with van der Waals surface area (Å²) in [5, 5.41) is 12.3. The maximum Gasteiger partial charge on any atom is 0.268 e. The Morgan fingerprint density at radius 3 is 1.71 bits per heavy atom. The molecular formula is C34H29ClN4O3. The number of aromatic amines is 4. The fourth-order valence-corrected chi connectivity index (χ4v) is 5.32. The highest BCUT2D eigenvalue weighted by atomic mass is 35.5. The summed E-state index contributed by atoms with van der Waals surface area (Å²) < 4.78 is 6.14. The Labute approximate surface area is 247 Å². The quantitative estimate of drug-likeness (QED) is 0.155. The van der Waals surface area contributed by atoms with Gasteiger partial charge in [0.1, 0.15) is 12.4 Å². The van der Waals surface area contributed by atoms with Gasteiger partial charge in [-0.1, -0.05) is 95.5 Å². The van der Waals surface area contributed by atoms with E-state index in [0.717, 1.165) is 33.4 Å². The Hall–Kier alpha value is -5.01. The first-order valence-electron chi connectivity index (χ1n) is 13.6. The lowest BCUT2D eigenvalue weighted by Gasteiger charge is -2.19. The predicted molar refractivity (Wildman–Crippen MR) is 166 cm³/mol. The van der Waals surface area contributed by atoms with Crippen molar-refractivity contribution in [1.82, 2.24) is 20.4 Å². The van der Waals surface area contributed by atoms with Crippen molar-refractivity contribution < 1.29 is 4.74 Å². The van der Waals surface area contributed by atoms with Gasteiger partial charge in [0.25, 0.3) is 11.1 Å². The monoisotopic (exact) mass is 576 g/mol. The summed E-state index contributed by atoms with van der Waals surface area (Å²) in [6.07, 6.45) is 0. The number of nitrogens with one attached hydrogen (secondary N) is 4. The summed E-state index contributed by atoms with van der Waals surface area (Å²) in [5.41, 5.74) is 7.07. The van der Waals surface area contributed by atoms with Crippen LogP contribution < -0.4 is 15.9 Å². The molecular weight excluding hydrogens is 548 g/mol. The molecule has 2 aromatic heterocycles. The molecule has 2 heterocycles. The summed E-state index contributed by atoms with van der Waals surface area (Å²) in [7, 11) is 0. The number of aryl methyl sites for hydroxylation is 2. The van der Waals surface area contributed by atoms with Crippen molar-refractivity contribution in [3.8, 4) is 28.3 Å². The van der Waals surface area contributed by atoms with Crippen LogP contribution >= 0.6 is 11.6 Å². The third-order valence-corrected chi connectivity index (χ3v) is 7.65. The number of ether oxygens (including phenoxy) is 1. The second kappa shape index (κ2) is 11.5. The second-order valence-corrected chi connectivity index (χ2v) is 10.8. The number of aromatic nitrogens is 4. The predicted octanol–water partition coefficient (Wildman–Crippen LogP) is 7.08. The molecule has 0 spiro atoms. The van der Waals surface area contributed by atoms with Crippen LogP contribution in [0.3, 0.4) is 0 Å². The molecule has 0 aliphatic carbocycles. The molecule has 0 aliphatic rings. The normalized spacial score (nSPS) is 11.2. The van der Waals surface area contributed by atoms with Gasteiger partial charge in [0.2, 0.25) is 0 Å². The minimum atomic E-state index is -0.721. The van der Waals surface area contributed by atoms with Gasteiger partial charge in [0.05, 0.1) is 22.5 Å². The molecule has 0 saturated heterocycles. The van der Waals surface area contributed by atoms with Crippen LogP contribution in [-0.2, 0) is 6.61 Å². The fraction of sp³-hybridized carbons (Fsp3) is 0.118. The summed E-state index contributed by atoms with van der Waals surface area (Å²) in [4.78, 5) is 27.1. The zero-order valence-electron chi connectivity index (χ0n) is 23.1. The van der Waals surface area contributed by atoms with Gasteiger partial charge in [-0.3, -0.25) is 30.0 Å². The van der Waals surface area contributed by atoms with Gasteiger partial charge in [-0.2, -0.15) is 0 Å². The summed E-state index contributed by atoms with van der Waals surface area (Å²) >= 11 is 6.03. The van der Waals surface area contributed by atoms with Crippen molar-refractivity contribution in [2.75, 3.05) is 0 Å². The van der Waals surface area contributed by atoms with Gasteiger partial charge in [-0.05, 0) is 60.4 Å². The molecule has 0 amide bonds. The fourth-order valence-electron chi connectivity index (χ4n) is 5.19. The van der Waals surface area contributed by atoms with Crippen LogP contribution in [0.2, 0.25) is 5.02 Å². The van der Waals surface area contributed by atoms with E-state index in [4.69, 9.17) is 16.3 Å². The van der Waals surface area contributed by atoms with E-state index in [1.165, 1.54) is 0 Å². The van der Waals surface area contributed by atoms with E-state index in [1.54, 1.807) is 0 Å². The van der Waals surface area contributed by atoms with Crippen LogP contribution in [0.25, 0.3) is 22.5 Å². The molecule has 8 heteroatoms. The highest BCUT2D eigenvalue weighted by Gasteiger charge is 2.31. The smallest absolute Gasteiger partial charge is 0.268 e. The van der Waals surface area contributed by atoms with Crippen molar-refractivity contribution in [3.05, 3.63) is 156 Å². The number of halogens is 1. The third-order valence-electron chi connectivity index (χ3n) is 7.40. The van der Waals surface area contributed by atoms with E-state index in [-0.39, 0.29) is 11.1 Å². The largest absolute Gasteiger partial charge is 0.489 e. The Balaban J connectivity index is 1.51. The van der Waals surface area contributed by atoms with Gasteiger partial charge < -0.3 is 4.74 Å². The molecule has 0 fully saturated rings. The molecule has 6 aromatic rings. The average Bonchev–Trinajstić information content (AvgIpc) is 3.57. The highest BCUT2D eigenvalue weighted by Crippen LogP contribution is 2.38. The van der Waals surface area contributed by atoms with E-state index in [0.29, 0.717) is 39.9 Å². The van der Waals surface area contributed by atoms with Crippen molar-refractivity contribution in [2.45, 2.75) is 26.4 Å². The van der Waals surface area contributed by atoms with Crippen molar-refractivity contribution >= 4 is 11.6 Å². The maximum atomic E-state index is 13.6. The minimum absolute atomic E-state index is 0.307. The van der Waals surface area contributed by atoms with Crippen molar-refractivity contribution in [1.29, 1.82) is 0 Å². The van der Waals surface area contributed by atoms with E-state index in [2.05, 4.69) is 20.4 Å². The molecule has 0 atom stereocenters. The van der Waals surface area contributed by atoms with Crippen LogP contribution in [0.15, 0.2) is 107 Å². The maximum absolute atomic E-state index is 13.6. The van der Waals surface area contributed by atoms with Crippen LogP contribution in [0, 0.1) is 13.8 Å². The number of rotatable bonds is 8. The molecule has 0 radical (unpaired) electrons. The first-order valence-corrected chi connectivity index (χ1v) is 14.0. The molecule has 6 rings (SSSR count). The highest BCUT2D eigenvalue weighted by molar-refractivity contribution is 6.30. The van der Waals surface area contributed by atoms with Crippen LogP contribution in [0.4, 0.5) is 0 Å². The van der Waals surface area contributed by atoms with Crippen LogP contribution in [-0.4, -0.2) is 20.4 Å². The number of benzene rings is 4. The topological polar surface area (TPSA) is 107 Å². The van der Waals surface area contributed by atoms with Gasteiger partial charge in [-0.25, -0.2) is 0 Å². The number of hydrogen-bond acceptors (Lipinski definition) is 3. The Morgan fingerprint density at radius 2 is 1.19 bits per heavy atom. The summed E-state index contributed by atoms with van der Waals surface area (Å²) in [5.74, 6) is -0.109. The number of H-pyrrole nitrogens is 4. The Bertz CT molecular complexity index is 1850. The second-order valence-electron chi connectivity index (χ2n) is 10.4. The average molecular weight is 577 g/mol. The molecule has 0 aliphatic heterocycles. The first kappa shape index (κ1) is 27.2. The lowest BCUT2D eigenvalue weighted by Crippen LogP contribution is -2.20. The zero-order chi connectivity index (χ0) is 29.2. The molecule has 0 unspecified atom stereocenters. The first-order chi connectivity index (χ1) is 20.4. The summed E-state index contributed by atoms with van der Waals surface area (Å²) in [6, 6.07) is 30.8. The molecule has 42 heavy (non-hydrogen) atoms. The van der Waals surface area contributed by atoms with Gasteiger partial charge in [0.15, 0.2) is 0 Å². The SMILES string of the molecule is Cc1ccc(-c2[nH][nH]c(=O)c2C(c2cccc(OCc3ccc(Cl)cc3)c2)c2c(-c3ccc(C)cc3)[nH][nH]c2=O)cc1. The van der Waals surface area contributed by atoms with E-state index >= 15 is 0 Å². The zero-order valence-corrected chi connectivity index (χ0v) is 23.9. The van der Waals surface area contributed by atoms with Gasteiger partial charge in [0, 0.05) is 10.9 Å². The standard InChI is InChI=1S/C34H29ClN4O3/c1-20-6-12-23(13-7-20)31-29(33(40)38-36-31)28(30-32(37-39-34(30)41)24-14-8-21(2)9-15-24)25-4-3-5-27(18-25)42-19-22-10-16-26(35)17-11-22/h3-18,28H,19H2,1-2H3,(H2,36,38,40)(H2,37,39,41). The third kappa shape index (κ3) is 5.47. The van der Waals surface area contributed by atoms with E-state index in [1.807, 2.05) is 111 Å².